The fourth-order valence-corrected chi connectivity index (χ4v) is 2.30. The highest BCUT2D eigenvalue weighted by atomic mass is 16.5. The summed E-state index contributed by atoms with van der Waals surface area (Å²) in [6.07, 6.45) is 0.192. The summed E-state index contributed by atoms with van der Waals surface area (Å²) in [7, 11) is 0. The second-order valence-electron chi connectivity index (χ2n) is 5.00. The van der Waals surface area contributed by atoms with Crippen LogP contribution in [-0.2, 0) is 4.74 Å². The molecule has 1 heterocycles. The highest BCUT2D eigenvalue weighted by Gasteiger charge is 2.31. The van der Waals surface area contributed by atoms with Crippen LogP contribution in [0.4, 0.5) is 0 Å². The van der Waals surface area contributed by atoms with Gasteiger partial charge in [0.1, 0.15) is 0 Å². The van der Waals surface area contributed by atoms with Crippen LogP contribution in [0, 0.1) is 5.92 Å². The molecule has 1 aromatic rings. The fraction of sp³-hybridized carbons (Fsp3) is 0.571. The summed E-state index contributed by atoms with van der Waals surface area (Å²) in [5.74, 6) is 0.577. The van der Waals surface area contributed by atoms with Gasteiger partial charge >= 0.3 is 0 Å². The van der Waals surface area contributed by atoms with Crippen molar-refractivity contribution in [1.82, 2.24) is 5.32 Å². The highest BCUT2D eigenvalue weighted by molar-refractivity contribution is 5.20. The van der Waals surface area contributed by atoms with Crippen molar-refractivity contribution in [2.75, 3.05) is 6.61 Å². The molecule has 1 aromatic carbocycles. The molecule has 0 amide bonds. The topological polar surface area (TPSA) is 21.3 Å². The molecule has 0 aliphatic carbocycles. The molecule has 3 atom stereocenters. The van der Waals surface area contributed by atoms with Crippen molar-refractivity contribution in [3.8, 4) is 0 Å². The van der Waals surface area contributed by atoms with Gasteiger partial charge in [0.2, 0.25) is 0 Å². The minimum Gasteiger partial charge on any atom is -0.370 e. The first-order chi connectivity index (χ1) is 7.68. The van der Waals surface area contributed by atoms with Gasteiger partial charge in [0.05, 0.1) is 12.7 Å². The van der Waals surface area contributed by atoms with Crippen LogP contribution < -0.4 is 5.32 Å². The molecule has 3 unspecified atom stereocenters. The summed E-state index contributed by atoms with van der Waals surface area (Å²) in [5, 5.41) is 3.64. The molecule has 1 fully saturated rings. The van der Waals surface area contributed by atoms with E-state index in [4.69, 9.17) is 4.74 Å². The van der Waals surface area contributed by atoms with E-state index in [0.29, 0.717) is 18.0 Å². The zero-order valence-electron chi connectivity index (χ0n) is 10.3. The predicted molar refractivity (Wildman–Crippen MR) is 66.4 cm³/mol. The van der Waals surface area contributed by atoms with E-state index in [9.17, 15) is 0 Å². The fourth-order valence-electron chi connectivity index (χ4n) is 2.30. The number of benzene rings is 1. The van der Waals surface area contributed by atoms with E-state index in [0.717, 1.165) is 6.61 Å². The van der Waals surface area contributed by atoms with Crippen LogP contribution >= 0.6 is 0 Å². The van der Waals surface area contributed by atoms with E-state index < -0.39 is 0 Å². The average molecular weight is 219 g/mol. The molecule has 2 heteroatoms. The van der Waals surface area contributed by atoms with Crippen molar-refractivity contribution >= 4 is 0 Å². The van der Waals surface area contributed by atoms with Crippen LogP contribution in [0.3, 0.4) is 0 Å². The normalized spacial score (nSPS) is 30.6. The second-order valence-corrected chi connectivity index (χ2v) is 5.00. The molecule has 0 spiro atoms. The van der Waals surface area contributed by atoms with Gasteiger partial charge in [-0.2, -0.15) is 0 Å². The van der Waals surface area contributed by atoms with E-state index in [2.05, 4.69) is 50.4 Å². The maximum absolute atomic E-state index is 5.99. The van der Waals surface area contributed by atoms with Crippen molar-refractivity contribution in [2.45, 2.75) is 39.0 Å². The van der Waals surface area contributed by atoms with Crippen LogP contribution in [0.1, 0.15) is 32.4 Å². The Bertz CT molecular complexity index is 323. The summed E-state index contributed by atoms with van der Waals surface area (Å²) in [6.45, 7) is 7.46. The molecule has 1 saturated heterocycles. The van der Waals surface area contributed by atoms with Gasteiger partial charge in [-0.1, -0.05) is 44.2 Å². The smallest absolute Gasteiger partial charge is 0.0981 e. The Morgan fingerprint density at radius 1 is 1.25 bits per heavy atom. The van der Waals surface area contributed by atoms with Gasteiger partial charge in [-0.3, -0.25) is 0 Å². The molecule has 0 aromatic heterocycles. The lowest BCUT2D eigenvalue weighted by atomic mass is 9.91. The van der Waals surface area contributed by atoms with Gasteiger partial charge in [0, 0.05) is 12.1 Å². The van der Waals surface area contributed by atoms with E-state index in [-0.39, 0.29) is 6.10 Å². The minimum absolute atomic E-state index is 0.192. The van der Waals surface area contributed by atoms with Crippen LogP contribution in [0.25, 0.3) is 0 Å². The molecule has 88 valence electrons. The molecular formula is C14H21NO. The maximum Gasteiger partial charge on any atom is 0.0981 e. The van der Waals surface area contributed by atoms with Gasteiger partial charge in [-0.15, -0.1) is 0 Å². The molecule has 0 radical (unpaired) electrons. The quantitative estimate of drug-likeness (QED) is 0.826. The van der Waals surface area contributed by atoms with Crippen LogP contribution in [0.2, 0.25) is 0 Å². The molecule has 1 aliphatic rings. The number of rotatable bonds is 2. The first-order valence-corrected chi connectivity index (χ1v) is 6.11. The number of hydrogen-bond acceptors (Lipinski definition) is 2. The Balaban J connectivity index is 2.19. The van der Waals surface area contributed by atoms with E-state index in [1.54, 1.807) is 0 Å². The molecule has 0 bridgehead atoms. The van der Waals surface area contributed by atoms with Gasteiger partial charge in [-0.25, -0.2) is 0 Å². The molecule has 2 rings (SSSR count). The Morgan fingerprint density at radius 3 is 2.56 bits per heavy atom. The summed E-state index contributed by atoms with van der Waals surface area (Å²) in [6, 6.07) is 11.4. The Labute approximate surface area is 98.0 Å². The number of nitrogens with one attached hydrogen (secondary N) is 1. The van der Waals surface area contributed by atoms with Gasteiger partial charge < -0.3 is 10.1 Å². The first-order valence-electron chi connectivity index (χ1n) is 6.11. The zero-order chi connectivity index (χ0) is 11.5. The molecule has 0 saturated carbocycles. The summed E-state index contributed by atoms with van der Waals surface area (Å²) < 4.78 is 5.99. The third-order valence-corrected chi connectivity index (χ3v) is 3.18. The lowest BCUT2D eigenvalue weighted by molar-refractivity contribution is -0.0381. The number of hydrogen-bond donors (Lipinski definition) is 1. The van der Waals surface area contributed by atoms with Gasteiger partial charge in [-0.05, 0) is 18.4 Å². The van der Waals surface area contributed by atoms with Crippen molar-refractivity contribution in [3.63, 3.8) is 0 Å². The van der Waals surface area contributed by atoms with Crippen molar-refractivity contribution < 1.29 is 4.74 Å². The number of morpholine rings is 1. The molecule has 16 heavy (non-hydrogen) atoms. The Morgan fingerprint density at radius 2 is 1.94 bits per heavy atom. The first kappa shape index (κ1) is 11.6. The lowest BCUT2D eigenvalue weighted by Crippen LogP contribution is -2.51. The van der Waals surface area contributed by atoms with Gasteiger partial charge in [0.15, 0.2) is 0 Å². The lowest BCUT2D eigenvalue weighted by Gasteiger charge is -2.39. The molecule has 2 nitrogen and oxygen atoms in total. The zero-order valence-corrected chi connectivity index (χ0v) is 10.3. The van der Waals surface area contributed by atoms with Crippen LogP contribution in [0.15, 0.2) is 30.3 Å². The standard InChI is InChI=1S/C14H21NO/c1-10(2)13-14(16-9-11(3)15-13)12-7-5-4-6-8-12/h4-8,10-11,13-15H,9H2,1-3H3. The third kappa shape index (κ3) is 2.45. The Kier molecular flexibility index (Phi) is 3.62. The van der Waals surface area contributed by atoms with Crippen LogP contribution in [-0.4, -0.2) is 18.7 Å². The Hall–Kier alpha value is -0.860. The predicted octanol–water partition coefficient (Wildman–Crippen LogP) is 2.76. The largest absolute Gasteiger partial charge is 0.370 e. The number of ether oxygens (including phenoxy) is 1. The van der Waals surface area contributed by atoms with E-state index in [1.807, 2.05) is 6.07 Å². The van der Waals surface area contributed by atoms with Crippen molar-refractivity contribution in [2.24, 2.45) is 5.92 Å². The monoisotopic (exact) mass is 219 g/mol. The molecular weight excluding hydrogens is 198 g/mol. The summed E-state index contributed by atoms with van der Waals surface area (Å²) in [5.41, 5.74) is 1.28. The average Bonchev–Trinajstić information content (AvgIpc) is 2.30. The summed E-state index contributed by atoms with van der Waals surface area (Å²) in [4.78, 5) is 0. The van der Waals surface area contributed by atoms with Gasteiger partial charge in [0.25, 0.3) is 0 Å². The van der Waals surface area contributed by atoms with E-state index >= 15 is 0 Å². The summed E-state index contributed by atoms with van der Waals surface area (Å²) >= 11 is 0. The SMILES string of the molecule is CC1COC(c2ccccc2)C(C(C)C)N1. The maximum atomic E-state index is 5.99. The van der Waals surface area contributed by atoms with Crippen molar-refractivity contribution in [3.05, 3.63) is 35.9 Å². The van der Waals surface area contributed by atoms with Crippen LogP contribution in [0.5, 0.6) is 0 Å². The minimum atomic E-state index is 0.192. The second kappa shape index (κ2) is 4.98. The third-order valence-electron chi connectivity index (χ3n) is 3.18. The van der Waals surface area contributed by atoms with Crippen molar-refractivity contribution in [1.29, 1.82) is 0 Å². The molecule has 1 N–H and O–H groups in total. The highest BCUT2D eigenvalue weighted by Crippen LogP contribution is 2.28. The van der Waals surface area contributed by atoms with E-state index in [1.165, 1.54) is 5.56 Å². The molecule has 1 aliphatic heterocycles.